The molecule has 1 N–H and O–H groups in total. The molecule has 0 amide bonds. The Morgan fingerprint density at radius 1 is 1.33 bits per heavy atom. The molecule has 1 rings (SSSR count). The van der Waals surface area contributed by atoms with Crippen LogP contribution < -0.4 is 5.32 Å². The lowest BCUT2D eigenvalue weighted by atomic mass is 10.1. The van der Waals surface area contributed by atoms with Gasteiger partial charge in [-0.3, -0.25) is 0 Å². The summed E-state index contributed by atoms with van der Waals surface area (Å²) in [6.07, 6.45) is 1.41. The minimum atomic E-state index is 0.250. The average molecular weight is 212 g/mol. The number of nitrogens with zero attached hydrogens (tertiary/aromatic N) is 1. The van der Waals surface area contributed by atoms with Gasteiger partial charge < -0.3 is 10.2 Å². The highest BCUT2D eigenvalue weighted by Gasteiger charge is 2.45. The molecule has 1 fully saturated rings. The average Bonchev–Trinajstić information content (AvgIpc) is 2.55. The maximum absolute atomic E-state index is 3.53. The van der Waals surface area contributed by atoms with Gasteiger partial charge in [0.1, 0.15) is 0 Å². The second kappa shape index (κ2) is 4.42. The molecule has 90 valence electrons. The maximum Gasteiger partial charge on any atom is 0.0104 e. The first kappa shape index (κ1) is 13.0. The molecule has 0 aromatic heterocycles. The van der Waals surface area contributed by atoms with Crippen LogP contribution in [0.2, 0.25) is 0 Å². The fraction of sp³-hybridized carbons (Fsp3) is 1.00. The van der Waals surface area contributed by atoms with Crippen molar-refractivity contribution in [1.29, 1.82) is 0 Å². The van der Waals surface area contributed by atoms with E-state index in [-0.39, 0.29) is 5.54 Å². The Bertz CT molecular complexity index is 203. The van der Waals surface area contributed by atoms with Gasteiger partial charge in [0.2, 0.25) is 0 Å². The summed E-state index contributed by atoms with van der Waals surface area (Å²) in [7, 11) is 2.23. The summed E-state index contributed by atoms with van der Waals surface area (Å²) in [5.41, 5.74) is 0.866. The molecule has 2 heteroatoms. The lowest BCUT2D eigenvalue weighted by molar-refractivity contribution is 0.286. The summed E-state index contributed by atoms with van der Waals surface area (Å²) in [5, 5.41) is 3.53. The van der Waals surface area contributed by atoms with Crippen LogP contribution in [0.5, 0.6) is 0 Å². The molecule has 0 aromatic rings. The summed E-state index contributed by atoms with van der Waals surface area (Å²) in [4.78, 5) is 2.46. The first-order valence-corrected chi connectivity index (χ1v) is 6.14. The van der Waals surface area contributed by atoms with E-state index in [1.807, 2.05) is 0 Å². The molecule has 0 saturated heterocycles. The minimum Gasteiger partial charge on any atom is -0.311 e. The Kier molecular flexibility index (Phi) is 3.83. The van der Waals surface area contributed by atoms with Gasteiger partial charge in [-0.25, -0.2) is 0 Å². The first-order chi connectivity index (χ1) is 6.71. The molecule has 1 unspecified atom stereocenters. The standard InChI is InChI=1S/C13H28N2/c1-12(2,3)14-7-8-15(6)10-11-9-13(11,4)5/h11,14H,7-10H2,1-6H3. The summed E-state index contributed by atoms with van der Waals surface area (Å²) < 4.78 is 0. The van der Waals surface area contributed by atoms with Crippen molar-refractivity contribution in [3.05, 3.63) is 0 Å². The van der Waals surface area contributed by atoms with Crippen LogP contribution in [0.4, 0.5) is 0 Å². The van der Waals surface area contributed by atoms with Crippen molar-refractivity contribution < 1.29 is 0 Å². The molecule has 1 aliphatic rings. The van der Waals surface area contributed by atoms with E-state index in [0.717, 1.165) is 19.0 Å². The van der Waals surface area contributed by atoms with Crippen LogP contribution in [-0.4, -0.2) is 37.1 Å². The number of likely N-dealkylation sites (N-methyl/N-ethyl adjacent to an activating group) is 1. The van der Waals surface area contributed by atoms with Crippen LogP contribution in [0.15, 0.2) is 0 Å². The van der Waals surface area contributed by atoms with Crippen molar-refractivity contribution >= 4 is 0 Å². The summed E-state index contributed by atoms with van der Waals surface area (Å²) in [6, 6.07) is 0. The highest BCUT2D eigenvalue weighted by molar-refractivity contribution is 4.96. The van der Waals surface area contributed by atoms with Gasteiger partial charge in [0.25, 0.3) is 0 Å². The molecule has 0 spiro atoms. The second-order valence-corrected chi connectivity index (χ2v) is 6.83. The molecule has 1 saturated carbocycles. The van der Waals surface area contributed by atoms with Gasteiger partial charge >= 0.3 is 0 Å². The summed E-state index contributed by atoms with van der Waals surface area (Å²) in [5.74, 6) is 0.928. The SMILES string of the molecule is CN(CCNC(C)(C)C)CC1CC1(C)C. The fourth-order valence-electron chi connectivity index (χ4n) is 1.98. The van der Waals surface area contributed by atoms with Crippen LogP contribution >= 0.6 is 0 Å². The predicted octanol–water partition coefficient (Wildman–Crippen LogP) is 2.35. The molecule has 1 aliphatic carbocycles. The molecule has 0 bridgehead atoms. The Morgan fingerprint density at radius 3 is 2.27 bits per heavy atom. The van der Waals surface area contributed by atoms with E-state index in [1.165, 1.54) is 13.0 Å². The number of rotatable bonds is 5. The second-order valence-electron chi connectivity index (χ2n) is 6.83. The lowest BCUT2D eigenvalue weighted by Crippen LogP contribution is -2.41. The molecule has 1 atom stereocenters. The van der Waals surface area contributed by atoms with Crippen molar-refractivity contribution in [2.24, 2.45) is 11.3 Å². The van der Waals surface area contributed by atoms with Crippen LogP contribution in [-0.2, 0) is 0 Å². The predicted molar refractivity (Wildman–Crippen MR) is 67.1 cm³/mol. The van der Waals surface area contributed by atoms with E-state index in [2.05, 4.69) is 51.9 Å². The number of hydrogen-bond donors (Lipinski definition) is 1. The van der Waals surface area contributed by atoms with Crippen molar-refractivity contribution in [3.8, 4) is 0 Å². The van der Waals surface area contributed by atoms with Gasteiger partial charge in [-0.05, 0) is 45.6 Å². The van der Waals surface area contributed by atoms with E-state index in [9.17, 15) is 0 Å². The van der Waals surface area contributed by atoms with Gasteiger partial charge in [-0.1, -0.05) is 13.8 Å². The van der Waals surface area contributed by atoms with Crippen LogP contribution in [0.3, 0.4) is 0 Å². The molecule has 15 heavy (non-hydrogen) atoms. The van der Waals surface area contributed by atoms with E-state index in [1.54, 1.807) is 0 Å². The summed E-state index contributed by atoms with van der Waals surface area (Å²) in [6.45, 7) is 14.9. The third-order valence-electron chi connectivity index (χ3n) is 3.40. The summed E-state index contributed by atoms with van der Waals surface area (Å²) >= 11 is 0. The van der Waals surface area contributed by atoms with Crippen molar-refractivity contribution in [3.63, 3.8) is 0 Å². The maximum atomic E-state index is 3.53. The Balaban J connectivity index is 2.07. The fourth-order valence-corrected chi connectivity index (χ4v) is 1.98. The molecule has 0 aliphatic heterocycles. The quantitative estimate of drug-likeness (QED) is 0.752. The monoisotopic (exact) mass is 212 g/mol. The van der Waals surface area contributed by atoms with Crippen molar-refractivity contribution in [2.75, 3.05) is 26.7 Å². The molecular weight excluding hydrogens is 184 g/mol. The van der Waals surface area contributed by atoms with Gasteiger partial charge in [-0.15, -0.1) is 0 Å². The van der Waals surface area contributed by atoms with E-state index >= 15 is 0 Å². The van der Waals surface area contributed by atoms with Gasteiger partial charge in [-0.2, -0.15) is 0 Å². The Morgan fingerprint density at radius 2 is 1.87 bits per heavy atom. The van der Waals surface area contributed by atoms with Crippen molar-refractivity contribution in [1.82, 2.24) is 10.2 Å². The Hall–Kier alpha value is -0.0800. The van der Waals surface area contributed by atoms with Gasteiger partial charge in [0.05, 0.1) is 0 Å². The lowest BCUT2D eigenvalue weighted by Gasteiger charge is -2.23. The highest BCUT2D eigenvalue weighted by atomic mass is 15.1. The zero-order valence-corrected chi connectivity index (χ0v) is 11.4. The molecular formula is C13H28N2. The molecule has 0 radical (unpaired) electrons. The van der Waals surface area contributed by atoms with E-state index in [0.29, 0.717) is 5.41 Å². The van der Waals surface area contributed by atoms with E-state index < -0.39 is 0 Å². The minimum absolute atomic E-state index is 0.250. The normalized spacial score (nSPS) is 24.6. The first-order valence-electron chi connectivity index (χ1n) is 6.14. The van der Waals surface area contributed by atoms with Gasteiger partial charge in [0.15, 0.2) is 0 Å². The van der Waals surface area contributed by atoms with Crippen LogP contribution in [0, 0.1) is 11.3 Å². The van der Waals surface area contributed by atoms with Crippen LogP contribution in [0.25, 0.3) is 0 Å². The number of nitrogens with one attached hydrogen (secondary N) is 1. The van der Waals surface area contributed by atoms with Crippen molar-refractivity contribution in [2.45, 2.75) is 46.6 Å². The molecule has 0 heterocycles. The zero-order valence-electron chi connectivity index (χ0n) is 11.4. The van der Waals surface area contributed by atoms with E-state index in [4.69, 9.17) is 0 Å². The topological polar surface area (TPSA) is 15.3 Å². The zero-order chi connectivity index (χ0) is 11.7. The smallest absolute Gasteiger partial charge is 0.0104 e. The number of hydrogen-bond acceptors (Lipinski definition) is 2. The highest BCUT2D eigenvalue weighted by Crippen LogP contribution is 2.51. The van der Waals surface area contributed by atoms with Crippen LogP contribution in [0.1, 0.15) is 41.0 Å². The third kappa shape index (κ3) is 4.98. The van der Waals surface area contributed by atoms with Gasteiger partial charge in [0, 0.05) is 25.2 Å². The Labute approximate surface area is 95.4 Å². The largest absolute Gasteiger partial charge is 0.311 e. The third-order valence-corrected chi connectivity index (χ3v) is 3.40. The molecule has 0 aromatic carbocycles. The molecule has 2 nitrogen and oxygen atoms in total.